The number of hydrogen-bond donors (Lipinski definition) is 4. The Bertz CT molecular complexity index is 574. The van der Waals surface area contributed by atoms with Gasteiger partial charge >= 0.3 is 0 Å². The lowest BCUT2D eigenvalue weighted by atomic mass is 10.1. The summed E-state index contributed by atoms with van der Waals surface area (Å²) < 4.78 is 22.5. The summed E-state index contributed by atoms with van der Waals surface area (Å²) in [6.45, 7) is 0. The molecule has 0 aromatic heterocycles. The zero-order valence-corrected chi connectivity index (χ0v) is 12.1. The largest absolute Gasteiger partial charge is 0.397 e. The smallest absolute Gasteiger partial charge is 0.238 e. The molecule has 20 heavy (non-hydrogen) atoms. The molecule has 0 aliphatic heterocycles. The van der Waals surface area contributed by atoms with Gasteiger partial charge in [0.15, 0.2) is 0 Å². The van der Waals surface area contributed by atoms with Crippen molar-refractivity contribution in [1.82, 2.24) is 0 Å². The van der Waals surface area contributed by atoms with Crippen molar-refractivity contribution in [3.63, 3.8) is 0 Å². The number of nitrogens with two attached hydrogens (primary N) is 2. The Morgan fingerprint density at radius 3 is 2.55 bits per heavy atom. The number of rotatable bonds is 3. The normalized spacial score (nSPS) is 24.1. The van der Waals surface area contributed by atoms with E-state index >= 15 is 0 Å². The molecule has 1 fully saturated rings. The van der Waals surface area contributed by atoms with Crippen molar-refractivity contribution in [2.24, 2.45) is 5.14 Å². The van der Waals surface area contributed by atoms with E-state index in [1.807, 2.05) is 0 Å². The van der Waals surface area contributed by atoms with Crippen LogP contribution < -0.4 is 16.2 Å². The monoisotopic (exact) mass is 299 g/mol. The number of sulfonamides is 1. The van der Waals surface area contributed by atoms with Crippen molar-refractivity contribution in [3.8, 4) is 0 Å². The lowest BCUT2D eigenvalue weighted by Crippen LogP contribution is -2.32. The van der Waals surface area contributed by atoms with E-state index in [1.165, 1.54) is 12.1 Å². The van der Waals surface area contributed by atoms with Crippen LogP contribution in [-0.2, 0) is 10.0 Å². The van der Waals surface area contributed by atoms with Gasteiger partial charge in [0.2, 0.25) is 10.0 Å². The highest BCUT2D eigenvalue weighted by molar-refractivity contribution is 7.89. The molecule has 1 aromatic carbocycles. The van der Waals surface area contributed by atoms with Crippen LogP contribution in [-0.4, -0.2) is 25.7 Å². The van der Waals surface area contributed by atoms with Gasteiger partial charge in [0.1, 0.15) is 0 Å². The summed E-state index contributed by atoms with van der Waals surface area (Å²) in [6, 6.07) is 4.28. The van der Waals surface area contributed by atoms with Gasteiger partial charge in [-0.15, -0.1) is 0 Å². The van der Waals surface area contributed by atoms with Crippen molar-refractivity contribution in [2.75, 3.05) is 11.1 Å². The van der Waals surface area contributed by atoms with Crippen LogP contribution in [0.25, 0.3) is 0 Å². The highest BCUT2D eigenvalue weighted by Crippen LogP contribution is 2.26. The molecule has 2 rings (SSSR count). The Kier molecular flexibility index (Phi) is 4.52. The molecule has 112 valence electrons. The Hall–Kier alpha value is -1.31. The molecule has 6 N–H and O–H groups in total. The van der Waals surface area contributed by atoms with Gasteiger partial charge in [-0.1, -0.05) is 19.3 Å². The minimum atomic E-state index is -3.75. The van der Waals surface area contributed by atoms with E-state index in [2.05, 4.69) is 5.32 Å². The first-order valence-corrected chi connectivity index (χ1v) is 8.29. The quantitative estimate of drug-likeness (QED) is 0.491. The summed E-state index contributed by atoms with van der Waals surface area (Å²) >= 11 is 0. The highest BCUT2D eigenvalue weighted by Gasteiger charge is 2.22. The van der Waals surface area contributed by atoms with Gasteiger partial charge < -0.3 is 16.2 Å². The summed E-state index contributed by atoms with van der Waals surface area (Å²) in [6.07, 6.45) is 4.44. The zero-order chi connectivity index (χ0) is 14.8. The number of hydrogen-bond acceptors (Lipinski definition) is 5. The highest BCUT2D eigenvalue weighted by atomic mass is 32.2. The van der Waals surface area contributed by atoms with E-state index in [-0.39, 0.29) is 10.9 Å². The van der Waals surface area contributed by atoms with E-state index in [9.17, 15) is 13.5 Å². The molecule has 1 aromatic rings. The van der Waals surface area contributed by atoms with Crippen molar-refractivity contribution < 1.29 is 13.5 Å². The number of primary sulfonamides is 1. The fourth-order valence-corrected chi connectivity index (χ4v) is 3.05. The molecular weight excluding hydrogens is 278 g/mol. The summed E-state index contributed by atoms with van der Waals surface area (Å²) in [4.78, 5) is -0.0121. The second-order valence-electron chi connectivity index (χ2n) is 5.25. The zero-order valence-electron chi connectivity index (χ0n) is 11.2. The van der Waals surface area contributed by atoms with E-state index in [1.54, 1.807) is 6.07 Å². The number of benzene rings is 1. The molecular formula is C13H21N3O3S. The molecule has 6 nitrogen and oxygen atoms in total. The van der Waals surface area contributed by atoms with Crippen LogP contribution in [0, 0.1) is 0 Å². The van der Waals surface area contributed by atoms with E-state index in [4.69, 9.17) is 10.9 Å². The Morgan fingerprint density at radius 1 is 1.20 bits per heavy atom. The minimum Gasteiger partial charge on any atom is -0.397 e. The van der Waals surface area contributed by atoms with E-state index in [0.29, 0.717) is 11.4 Å². The average molecular weight is 299 g/mol. The molecule has 2 unspecified atom stereocenters. The topological polar surface area (TPSA) is 118 Å². The summed E-state index contributed by atoms with van der Waals surface area (Å²) in [7, 11) is -3.75. The first kappa shape index (κ1) is 15.1. The van der Waals surface area contributed by atoms with Crippen molar-refractivity contribution in [3.05, 3.63) is 18.2 Å². The third kappa shape index (κ3) is 3.62. The predicted molar refractivity (Wildman–Crippen MR) is 78.7 cm³/mol. The molecule has 1 aliphatic rings. The van der Waals surface area contributed by atoms with Gasteiger partial charge in [0.25, 0.3) is 0 Å². The van der Waals surface area contributed by atoms with Gasteiger partial charge in [-0.2, -0.15) is 0 Å². The van der Waals surface area contributed by atoms with Gasteiger partial charge in [-0.05, 0) is 31.0 Å². The molecule has 7 heteroatoms. The third-order valence-electron chi connectivity index (χ3n) is 3.67. The SMILES string of the molecule is Nc1cc(S(N)(=O)=O)ccc1NC1CCCCCC1O. The van der Waals surface area contributed by atoms with Gasteiger partial charge in [0.05, 0.1) is 28.4 Å². The van der Waals surface area contributed by atoms with Crippen molar-refractivity contribution in [1.29, 1.82) is 0 Å². The lowest BCUT2D eigenvalue weighted by molar-refractivity contribution is 0.144. The Balaban J connectivity index is 2.17. The number of anilines is 2. The molecule has 0 bridgehead atoms. The van der Waals surface area contributed by atoms with E-state index < -0.39 is 16.1 Å². The fraction of sp³-hybridized carbons (Fsp3) is 0.538. The standard InChI is InChI=1S/C13H21N3O3S/c14-10-8-9(20(15,18)19)6-7-11(10)16-12-4-2-1-3-5-13(12)17/h6-8,12-13,16-17H,1-5,14H2,(H2,15,18,19). The lowest BCUT2D eigenvalue weighted by Gasteiger charge is -2.24. The van der Waals surface area contributed by atoms with Crippen LogP contribution in [0.3, 0.4) is 0 Å². The average Bonchev–Trinajstić information content (AvgIpc) is 2.56. The van der Waals surface area contributed by atoms with Gasteiger partial charge in [0, 0.05) is 0 Å². The summed E-state index contributed by atoms with van der Waals surface area (Å²) in [5, 5.41) is 18.3. The second kappa shape index (κ2) is 5.99. The maximum absolute atomic E-state index is 11.2. The van der Waals surface area contributed by atoms with Crippen LogP contribution in [0.1, 0.15) is 32.1 Å². The first-order chi connectivity index (χ1) is 9.38. The van der Waals surface area contributed by atoms with Crippen molar-refractivity contribution >= 4 is 21.4 Å². The predicted octanol–water partition coefficient (Wildman–Crippen LogP) is 1.02. The van der Waals surface area contributed by atoms with Crippen LogP contribution in [0.15, 0.2) is 23.1 Å². The van der Waals surface area contributed by atoms with Crippen LogP contribution in [0.5, 0.6) is 0 Å². The fourth-order valence-electron chi connectivity index (χ4n) is 2.51. The van der Waals surface area contributed by atoms with Crippen molar-refractivity contribution in [2.45, 2.75) is 49.1 Å². The summed E-state index contributed by atoms with van der Waals surface area (Å²) in [5.74, 6) is 0. The molecule has 0 radical (unpaired) electrons. The molecule has 0 saturated heterocycles. The van der Waals surface area contributed by atoms with Gasteiger partial charge in [-0.3, -0.25) is 0 Å². The number of aliphatic hydroxyl groups excluding tert-OH is 1. The number of aliphatic hydroxyl groups is 1. The second-order valence-corrected chi connectivity index (χ2v) is 6.81. The maximum Gasteiger partial charge on any atom is 0.238 e. The molecule has 1 aliphatic carbocycles. The van der Waals surface area contributed by atoms with Crippen LogP contribution in [0.4, 0.5) is 11.4 Å². The maximum atomic E-state index is 11.2. The number of nitrogen functional groups attached to an aromatic ring is 1. The molecule has 0 amide bonds. The molecule has 1 saturated carbocycles. The van der Waals surface area contributed by atoms with Crippen LogP contribution >= 0.6 is 0 Å². The molecule has 2 atom stereocenters. The molecule has 0 spiro atoms. The number of nitrogens with one attached hydrogen (secondary N) is 1. The van der Waals surface area contributed by atoms with Gasteiger partial charge in [-0.25, -0.2) is 13.6 Å². The summed E-state index contributed by atoms with van der Waals surface area (Å²) in [5.41, 5.74) is 6.80. The minimum absolute atomic E-state index is 0.0121. The molecule has 0 heterocycles. The Labute approximate surface area is 119 Å². The van der Waals surface area contributed by atoms with E-state index in [0.717, 1.165) is 32.1 Å². The first-order valence-electron chi connectivity index (χ1n) is 6.75. The van der Waals surface area contributed by atoms with Crippen LogP contribution in [0.2, 0.25) is 0 Å². The third-order valence-corrected chi connectivity index (χ3v) is 4.58. The Morgan fingerprint density at radius 2 is 1.90 bits per heavy atom.